The molecule has 3 aromatic rings. The number of hydrogen-bond donors (Lipinski definition) is 1. The normalized spacial score (nSPS) is 10.5. The van der Waals surface area contributed by atoms with E-state index in [1.807, 2.05) is 23.6 Å². The smallest absolute Gasteiger partial charge is 0.411 e. The SMILES string of the molecule is CCn1c(-c2ccc(NC(=O)OC)c(F)c2)c(C#N)c2ccc(OC)cc21. The zero-order valence-electron chi connectivity index (χ0n) is 15.2. The van der Waals surface area contributed by atoms with Crippen molar-refractivity contribution >= 4 is 22.7 Å². The fraction of sp³-hybridized carbons (Fsp3) is 0.200. The van der Waals surface area contributed by atoms with Crippen molar-refractivity contribution in [1.29, 1.82) is 5.26 Å². The Morgan fingerprint density at radius 1 is 1.26 bits per heavy atom. The number of carbonyl (C=O) groups excluding carboxylic acids is 1. The highest BCUT2D eigenvalue weighted by molar-refractivity contribution is 5.95. The van der Waals surface area contributed by atoms with E-state index in [-0.39, 0.29) is 5.69 Å². The van der Waals surface area contributed by atoms with Gasteiger partial charge in [0, 0.05) is 23.6 Å². The van der Waals surface area contributed by atoms with Gasteiger partial charge in [0.25, 0.3) is 0 Å². The Bertz CT molecular complexity index is 1070. The summed E-state index contributed by atoms with van der Waals surface area (Å²) in [6.07, 6.45) is -0.755. The largest absolute Gasteiger partial charge is 0.497 e. The number of nitrogens with one attached hydrogen (secondary N) is 1. The first-order valence-electron chi connectivity index (χ1n) is 8.29. The average molecular weight is 367 g/mol. The van der Waals surface area contributed by atoms with Crippen LogP contribution < -0.4 is 10.1 Å². The summed E-state index contributed by atoms with van der Waals surface area (Å²) in [4.78, 5) is 11.3. The Labute approximate surface area is 155 Å². The van der Waals surface area contributed by atoms with Crippen LogP contribution in [0.5, 0.6) is 5.75 Å². The quantitative estimate of drug-likeness (QED) is 0.735. The van der Waals surface area contributed by atoms with Gasteiger partial charge in [-0.05, 0) is 31.2 Å². The molecule has 138 valence electrons. The Morgan fingerprint density at radius 3 is 2.63 bits per heavy atom. The molecule has 0 bridgehead atoms. The van der Waals surface area contributed by atoms with Gasteiger partial charge in [0.15, 0.2) is 0 Å². The third-order valence-corrected chi connectivity index (χ3v) is 4.36. The van der Waals surface area contributed by atoms with E-state index in [1.165, 1.54) is 19.2 Å². The predicted octanol–water partition coefficient (Wildman–Crippen LogP) is 4.53. The van der Waals surface area contributed by atoms with Crippen LogP contribution in [0.2, 0.25) is 0 Å². The number of fused-ring (bicyclic) bond motifs is 1. The van der Waals surface area contributed by atoms with Gasteiger partial charge in [0.05, 0.1) is 36.7 Å². The number of amides is 1. The molecule has 0 unspecified atom stereocenters. The van der Waals surface area contributed by atoms with Crippen molar-refractivity contribution in [2.45, 2.75) is 13.5 Å². The number of aromatic nitrogens is 1. The number of nitrogens with zero attached hydrogens (tertiary/aromatic N) is 2. The van der Waals surface area contributed by atoms with Gasteiger partial charge in [-0.2, -0.15) is 5.26 Å². The average Bonchev–Trinajstić information content (AvgIpc) is 3.01. The summed E-state index contributed by atoms with van der Waals surface area (Å²) >= 11 is 0. The lowest BCUT2D eigenvalue weighted by Crippen LogP contribution is -2.12. The van der Waals surface area contributed by atoms with E-state index >= 15 is 0 Å². The van der Waals surface area contributed by atoms with Crippen molar-refractivity contribution in [3.8, 4) is 23.1 Å². The molecule has 27 heavy (non-hydrogen) atoms. The Morgan fingerprint density at radius 2 is 2.04 bits per heavy atom. The van der Waals surface area contributed by atoms with Crippen molar-refractivity contribution < 1.29 is 18.7 Å². The lowest BCUT2D eigenvalue weighted by atomic mass is 10.1. The highest BCUT2D eigenvalue weighted by Gasteiger charge is 2.20. The Kier molecular flexibility index (Phi) is 4.99. The summed E-state index contributed by atoms with van der Waals surface area (Å²) in [5, 5.41) is 12.8. The van der Waals surface area contributed by atoms with Gasteiger partial charge in [0.1, 0.15) is 17.6 Å². The molecule has 1 N–H and O–H groups in total. The molecule has 7 heteroatoms. The minimum absolute atomic E-state index is 0.00457. The van der Waals surface area contributed by atoms with E-state index in [2.05, 4.69) is 16.1 Å². The molecule has 0 saturated carbocycles. The maximum absolute atomic E-state index is 14.5. The maximum Gasteiger partial charge on any atom is 0.411 e. The van der Waals surface area contributed by atoms with E-state index in [0.29, 0.717) is 29.1 Å². The molecule has 1 amide bonds. The minimum Gasteiger partial charge on any atom is -0.497 e. The van der Waals surface area contributed by atoms with Crippen LogP contribution in [0.15, 0.2) is 36.4 Å². The van der Waals surface area contributed by atoms with Crippen molar-refractivity contribution in [1.82, 2.24) is 4.57 Å². The monoisotopic (exact) mass is 367 g/mol. The van der Waals surface area contributed by atoms with Gasteiger partial charge in [-0.15, -0.1) is 0 Å². The molecule has 2 aromatic carbocycles. The van der Waals surface area contributed by atoms with Crippen molar-refractivity contribution in [2.75, 3.05) is 19.5 Å². The Balaban J connectivity index is 2.20. The minimum atomic E-state index is -0.755. The van der Waals surface area contributed by atoms with Crippen molar-refractivity contribution in [3.05, 3.63) is 47.8 Å². The van der Waals surface area contributed by atoms with Crippen molar-refractivity contribution in [2.24, 2.45) is 0 Å². The molecule has 1 heterocycles. The molecule has 1 aromatic heterocycles. The fourth-order valence-electron chi connectivity index (χ4n) is 3.12. The van der Waals surface area contributed by atoms with Gasteiger partial charge >= 0.3 is 6.09 Å². The highest BCUT2D eigenvalue weighted by Crippen LogP contribution is 2.36. The number of anilines is 1. The molecule has 0 spiro atoms. The molecule has 3 rings (SSSR count). The second-order valence-electron chi connectivity index (χ2n) is 5.77. The van der Waals surface area contributed by atoms with Gasteiger partial charge in [-0.1, -0.05) is 6.07 Å². The van der Waals surface area contributed by atoms with E-state index in [9.17, 15) is 14.4 Å². The number of benzene rings is 2. The number of aryl methyl sites for hydroxylation is 1. The van der Waals surface area contributed by atoms with E-state index in [1.54, 1.807) is 19.2 Å². The first kappa shape index (κ1) is 18.3. The van der Waals surface area contributed by atoms with Crippen LogP contribution in [0.1, 0.15) is 12.5 Å². The van der Waals surface area contributed by atoms with Gasteiger partial charge in [-0.3, -0.25) is 5.32 Å². The standard InChI is InChI=1S/C20H18FN3O3/c1-4-24-18-10-13(26-2)6-7-14(18)15(11-22)19(24)12-5-8-17(16(21)9-12)23-20(25)27-3/h5-10H,4H2,1-3H3,(H,23,25). The molecule has 6 nitrogen and oxygen atoms in total. The lowest BCUT2D eigenvalue weighted by Gasteiger charge is -2.11. The van der Waals surface area contributed by atoms with Gasteiger partial charge in [0.2, 0.25) is 0 Å². The molecular weight excluding hydrogens is 349 g/mol. The Hall–Kier alpha value is -3.53. The molecule has 0 aliphatic rings. The first-order valence-corrected chi connectivity index (χ1v) is 8.29. The topological polar surface area (TPSA) is 76.3 Å². The first-order chi connectivity index (χ1) is 13.0. The molecule has 0 saturated heterocycles. The second kappa shape index (κ2) is 7.38. The second-order valence-corrected chi connectivity index (χ2v) is 5.77. The summed E-state index contributed by atoms with van der Waals surface area (Å²) in [6, 6.07) is 12.1. The summed E-state index contributed by atoms with van der Waals surface area (Å²) in [6.45, 7) is 2.54. The summed E-state index contributed by atoms with van der Waals surface area (Å²) < 4.78 is 26.2. The van der Waals surface area contributed by atoms with Crippen LogP contribution in [0, 0.1) is 17.1 Å². The predicted molar refractivity (Wildman–Crippen MR) is 100 cm³/mol. The van der Waals surface area contributed by atoms with Crippen LogP contribution >= 0.6 is 0 Å². The molecule has 0 fully saturated rings. The number of halogens is 1. The summed E-state index contributed by atoms with van der Waals surface area (Å²) in [5.74, 6) is 0.0572. The molecule has 0 aliphatic heterocycles. The molecule has 0 atom stereocenters. The van der Waals surface area contributed by atoms with Gasteiger partial charge in [-0.25, -0.2) is 9.18 Å². The van der Waals surface area contributed by atoms with Crippen LogP contribution in [0.25, 0.3) is 22.2 Å². The number of methoxy groups -OCH3 is 2. The summed E-state index contributed by atoms with van der Waals surface area (Å²) in [7, 11) is 2.78. The van der Waals surface area contributed by atoms with Crippen LogP contribution in [-0.4, -0.2) is 24.9 Å². The number of hydrogen-bond acceptors (Lipinski definition) is 4. The van der Waals surface area contributed by atoms with Crippen LogP contribution in [-0.2, 0) is 11.3 Å². The highest BCUT2D eigenvalue weighted by atomic mass is 19.1. The zero-order valence-corrected chi connectivity index (χ0v) is 15.2. The van der Waals surface area contributed by atoms with E-state index in [0.717, 1.165) is 10.9 Å². The number of carbonyl (C=O) groups is 1. The molecule has 0 radical (unpaired) electrons. The van der Waals surface area contributed by atoms with E-state index < -0.39 is 11.9 Å². The molecule has 0 aliphatic carbocycles. The number of rotatable bonds is 4. The molecular formula is C20H18FN3O3. The third-order valence-electron chi connectivity index (χ3n) is 4.36. The van der Waals surface area contributed by atoms with E-state index in [4.69, 9.17) is 4.74 Å². The van der Waals surface area contributed by atoms with Crippen LogP contribution in [0.4, 0.5) is 14.9 Å². The van der Waals surface area contributed by atoms with Crippen molar-refractivity contribution in [3.63, 3.8) is 0 Å². The fourth-order valence-corrected chi connectivity index (χ4v) is 3.12. The zero-order chi connectivity index (χ0) is 19.6. The third kappa shape index (κ3) is 3.17. The number of nitriles is 1. The van der Waals surface area contributed by atoms with Crippen LogP contribution in [0.3, 0.4) is 0 Å². The maximum atomic E-state index is 14.5. The van der Waals surface area contributed by atoms with Gasteiger partial charge < -0.3 is 14.0 Å². The number of ether oxygens (including phenoxy) is 2. The lowest BCUT2D eigenvalue weighted by molar-refractivity contribution is 0.187. The summed E-state index contributed by atoms with van der Waals surface area (Å²) in [5.41, 5.74) is 2.45.